The highest BCUT2D eigenvalue weighted by Crippen LogP contribution is 1.96. The van der Waals surface area contributed by atoms with Crippen LogP contribution in [0.25, 0.3) is 0 Å². The van der Waals surface area contributed by atoms with Crippen molar-refractivity contribution >= 4 is 18.5 Å². The van der Waals surface area contributed by atoms with Crippen molar-refractivity contribution in [2.24, 2.45) is 0 Å². The number of amides is 1. The van der Waals surface area contributed by atoms with Gasteiger partial charge in [-0.2, -0.15) is 0 Å². The lowest BCUT2D eigenvalue weighted by atomic mass is 9.77. The summed E-state index contributed by atoms with van der Waals surface area (Å²) in [6, 6.07) is 6.78. The van der Waals surface area contributed by atoms with Gasteiger partial charge in [0.25, 0.3) is 0 Å². The second-order valence-corrected chi connectivity index (χ2v) is 2.99. The molecule has 78 valence electrons. The zero-order valence-corrected chi connectivity index (χ0v) is 8.18. The molecule has 0 aliphatic carbocycles. The van der Waals surface area contributed by atoms with Gasteiger partial charge in [-0.3, -0.25) is 4.79 Å². The van der Waals surface area contributed by atoms with Crippen LogP contribution in [-0.2, 0) is 11.3 Å². The van der Waals surface area contributed by atoms with Crippen LogP contribution in [0.15, 0.2) is 36.9 Å². The van der Waals surface area contributed by atoms with Crippen molar-refractivity contribution in [2.45, 2.75) is 6.54 Å². The Morgan fingerprint density at radius 1 is 1.47 bits per heavy atom. The van der Waals surface area contributed by atoms with Gasteiger partial charge in [-0.1, -0.05) is 30.8 Å². The fraction of sp³-hybridized carbons (Fsp3) is 0.100. The highest BCUT2D eigenvalue weighted by atomic mass is 16.4. The second kappa shape index (κ2) is 5.33. The average molecular weight is 205 g/mol. The van der Waals surface area contributed by atoms with Gasteiger partial charge in [0.15, 0.2) is 0 Å². The molecule has 0 saturated carbocycles. The molecule has 1 amide bonds. The van der Waals surface area contributed by atoms with Crippen molar-refractivity contribution in [2.75, 3.05) is 0 Å². The van der Waals surface area contributed by atoms with E-state index in [9.17, 15) is 4.79 Å². The number of rotatable bonds is 4. The smallest absolute Gasteiger partial charge is 0.423 e. The second-order valence-electron chi connectivity index (χ2n) is 2.99. The van der Waals surface area contributed by atoms with Gasteiger partial charge in [0.1, 0.15) is 0 Å². The third kappa shape index (κ3) is 3.23. The standard InChI is InChI=1S/C10H12BNO3/c1-2-10(13)12-7-8-5-3-4-6-9(8)11(14)15/h2-6,14-15H,1,7H2,(H,12,13). The van der Waals surface area contributed by atoms with E-state index in [0.29, 0.717) is 11.0 Å². The van der Waals surface area contributed by atoms with Gasteiger partial charge in [-0.25, -0.2) is 0 Å². The first-order chi connectivity index (χ1) is 7.15. The summed E-state index contributed by atoms with van der Waals surface area (Å²) >= 11 is 0. The quantitative estimate of drug-likeness (QED) is 0.443. The molecule has 0 heterocycles. The van der Waals surface area contributed by atoms with Gasteiger partial charge >= 0.3 is 7.12 Å². The maximum absolute atomic E-state index is 10.9. The molecule has 1 aromatic carbocycles. The lowest BCUT2D eigenvalue weighted by molar-refractivity contribution is -0.116. The minimum Gasteiger partial charge on any atom is -0.423 e. The third-order valence-corrected chi connectivity index (χ3v) is 1.97. The monoisotopic (exact) mass is 205 g/mol. The lowest BCUT2D eigenvalue weighted by Gasteiger charge is -2.08. The molecule has 0 atom stereocenters. The Labute approximate surface area is 88.4 Å². The van der Waals surface area contributed by atoms with Crippen LogP contribution in [-0.4, -0.2) is 23.1 Å². The van der Waals surface area contributed by atoms with Gasteiger partial charge in [0.05, 0.1) is 0 Å². The first-order valence-corrected chi connectivity index (χ1v) is 4.49. The number of benzene rings is 1. The van der Waals surface area contributed by atoms with Crippen LogP contribution in [0.4, 0.5) is 0 Å². The number of carbonyl (C=O) groups excluding carboxylic acids is 1. The van der Waals surface area contributed by atoms with E-state index in [1.54, 1.807) is 24.3 Å². The third-order valence-electron chi connectivity index (χ3n) is 1.97. The molecule has 0 bridgehead atoms. The average Bonchev–Trinajstić information content (AvgIpc) is 2.26. The van der Waals surface area contributed by atoms with Crippen molar-refractivity contribution in [1.29, 1.82) is 0 Å². The Balaban J connectivity index is 2.75. The minimum atomic E-state index is -1.53. The van der Waals surface area contributed by atoms with E-state index in [1.807, 2.05) is 0 Å². The first-order valence-electron chi connectivity index (χ1n) is 4.49. The minimum absolute atomic E-state index is 0.249. The highest BCUT2D eigenvalue weighted by molar-refractivity contribution is 6.59. The van der Waals surface area contributed by atoms with Crippen molar-refractivity contribution in [1.82, 2.24) is 5.32 Å². The highest BCUT2D eigenvalue weighted by Gasteiger charge is 2.14. The van der Waals surface area contributed by atoms with Gasteiger partial charge in [-0.15, -0.1) is 0 Å². The summed E-state index contributed by atoms with van der Waals surface area (Å²) < 4.78 is 0. The van der Waals surface area contributed by atoms with E-state index >= 15 is 0 Å². The number of nitrogens with one attached hydrogen (secondary N) is 1. The van der Waals surface area contributed by atoms with Crippen molar-refractivity contribution in [3.63, 3.8) is 0 Å². The van der Waals surface area contributed by atoms with E-state index in [0.717, 1.165) is 6.08 Å². The summed E-state index contributed by atoms with van der Waals surface area (Å²) in [5, 5.41) is 20.7. The van der Waals surface area contributed by atoms with Crippen LogP contribution >= 0.6 is 0 Å². The van der Waals surface area contributed by atoms with Gasteiger partial charge in [0.2, 0.25) is 5.91 Å². The Hall–Kier alpha value is -1.59. The van der Waals surface area contributed by atoms with E-state index < -0.39 is 7.12 Å². The molecule has 1 rings (SSSR count). The van der Waals surface area contributed by atoms with Crippen LogP contribution in [0.5, 0.6) is 0 Å². The summed E-state index contributed by atoms with van der Waals surface area (Å²) in [7, 11) is -1.53. The van der Waals surface area contributed by atoms with Crippen LogP contribution in [0, 0.1) is 0 Å². The molecule has 4 nitrogen and oxygen atoms in total. The van der Waals surface area contributed by atoms with Gasteiger partial charge in [0, 0.05) is 6.54 Å². The first kappa shape index (κ1) is 11.5. The molecule has 1 aromatic rings. The fourth-order valence-corrected chi connectivity index (χ4v) is 1.20. The summed E-state index contributed by atoms with van der Waals surface area (Å²) in [6.07, 6.45) is 1.16. The Bertz CT molecular complexity index is 365. The molecular formula is C10H12BNO3. The lowest BCUT2D eigenvalue weighted by Crippen LogP contribution is -2.35. The zero-order valence-electron chi connectivity index (χ0n) is 8.18. The van der Waals surface area contributed by atoms with Crippen molar-refractivity contribution in [3.05, 3.63) is 42.5 Å². The van der Waals surface area contributed by atoms with Gasteiger partial charge in [-0.05, 0) is 17.1 Å². The molecule has 0 saturated heterocycles. The summed E-state index contributed by atoms with van der Waals surface area (Å²) in [6.45, 7) is 3.57. The fourth-order valence-electron chi connectivity index (χ4n) is 1.20. The van der Waals surface area contributed by atoms with Gasteiger partial charge < -0.3 is 15.4 Å². The maximum Gasteiger partial charge on any atom is 0.488 e. The van der Waals surface area contributed by atoms with E-state index in [2.05, 4.69) is 11.9 Å². The Kier molecular flexibility index (Phi) is 4.09. The number of carbonyl (C=O) groups is 1. The predicted octanol–water partition coefficient (Wildman–Crippen LogP) is -0.831. The molecule has 5 heteroatoms. The molecule has 15 heavy (non-hydrogen) atoms. The van der Waals surface area contributed by atoms with E-state index in [1.165, 1.54) is 0 Å². The molecule has 0 aliphatic rings. The van der Waals surface area contributed by atoms with E-state index in [4.69, 9.17) is 10.0 Å². The molecule has 3 N–H and O–H groups in total. The molecule has 0 unspecified atom stereocenters. The number of hydrogen-bond acceptors (Lipinski definition) is 3. The van der Waals surface area contributed by atoms with Crippen LogP contribution in [0.2, 0.25) is 0 Å². The van der Waals surface area contributed by atoms with E-state index in [-0.39, 0.29) is 12.5 Å². The van der Waals surface area contributed by atoms with Crippen LogP contribution in [0.3, 0.4) is 0 Å². The molecule has 0 aromatic heterocycles. The largest absolute Gasteiger partial charge is 0.488 e. The Morgan fingerprint density at radius 2 is 2.13 bits per heavy atom. The molecule has 0 spiro atoms. The zero-order chi connectivity index (χ0) is 11.3. The topological polar surface area (TPSA) is 69.6 Å². The molecule has 0 aliphatic heterocycles. The normalized spacial score (nSPS) is 9.47. The molecule has 0 radical (unpaired) electrons. The van der Waals surface area contributed by atoms with Crippen LogP contribution in [0.1, 0.15) is 5.56 Å². The summed E-state index contributed by atoms with van der Waals surface area (Å²) in [4.78, 5) is 10.9. The Morgan fingerprint density at radius 3 is 2.73 bits per heavy atom. The summed E-state index contributed by atoms with van der Waals surface area (Å²) in [5.74, 6) is -0.294. The number of hydrogen-bond donors (Lipinski definition) is 3. The summed E-state index contributed by atoms with van der Waals surface area (Å²) in [5.41, 5.74) is 1.06. The maximum atomic E-state index is 10.9. The van der Waals surface area contributed by atoms with Crippen molar-refractivity contribution in [3.8, 4) is 0 Å². The predicted molar refractivity (Wildman–Crippen MR) is 58.3 cm³/mol. The SMILES string of the molecule is C=CC(=O)NCc1ccccc1B(O)O. The van der Waals surface area contributed by atoms with Crippen LogP contribution < -0.4 is 10.8 Å². The van der Waals surface area contributed by atoms with Crippen molar-refractivity contribution < 1.29 is 14.8 Å². The molecule has 0 fully saturated rings. The molecular weight excluding hydrogens is 193 g/mol.